The predicted octanol–water partition coefficient (Wildman–Crippen LogP) is 6.17. The molecule has 2 unspecified atom stereocenters. The first-order valence-electron chi connectivity index (χ1n) is 17.8. The lowest BCUT2D eigenvalue weighted by atomic mass is 9.66. The Morgan fingerprint density at radius 2 is 1.31 bits per heavy atom. The highest BCUT2D eigenvalue weighted by Crippen LogP contribution is 2.68. The zero-order chi connectivity index (χ0) is 37.8. The molecular weight excluding hydrogens is 672 g/mol. The van der Waals surface area contributed by atoms with Crippen molar-refractivity contribution in [1.29, 1.82) is 0 Å². The Morgan fingerprint density at radius 3 is 1.81 bits per heavy atom. The maximum atomic E-state index is 14.7. The van der Waals surface area contributed by atoms with Gasteiger partial charge in [0.25, 0.3) is 0 Å². The summed E-state index contributed by atoms with van der Waals surface area (Å²) in [7, 11) is 1.42. The standard InChI is InChI=1S/C40H44O12/c1-19-12-11-13-20-23(19)26(41)24-21(46-10)18-22-25(27(24)47-20)28(48-32(44)39-16-14-37(8,30(42)51-39)35(39,4)5)29(34(2,3)50-22)49-33(45)40-17-15-38(9,31(43)52-40)36(40,6)7/h11-13,18,28-29H,14-17H2,1-10H3/t28-,29-,37?,38?,39-,40-/m1/s1. The minimum atomic E-state index is -1.64. The van der Waals surface area contributed by atoms with Crippen molar-refractivity contribution in [3.8, 4) is 11.5 Å². The molecule has 3 aliphatic heterocycles. The lowest BCUT2D eigenvalue weighted by molar-refractivity contribution is -0.217. The van der Waals surface area contributed by atoms with Crippen molar-refractivity contribution in [2.24, 2.45) is 21.7 Å². The van der Waals surface area contributed by atoms with E-state index >= 15 is 0 Å². The van der Waals surface area contributed by atoms with Gasteiger partial charge in [-0.2, -0.15) is 0 Å². The summed E-state index contributed by atoms with van der Waals surface area (Å²) < 4.78 is 43.5. The maximum Gasteiger partial charge on any atom is 0.351 e. The van der Waals surface area contributed by atoms with Crippen molar-refractivity contribution in [2.45, 2.75) is 117 Å². The zero-order valence-corrected chi connectivity index (χ0v) is 31.2. The molecule has 276 valence electrons. The summed E-state index contributed by atoms with van der Waals surface area (Å²) in [6.45, 7) is 16.0. The summed E-state index contributed by atoms with van der Waals surface area (Å²) in [5.41, 5.74) is -7.63. The first-order chi connectivity index (χ1) is 24.1. The molecule has 0 radical (unpaired) electrons. The van der Waals surface area contributed by atoms with E-state index in [2.05, 4.69) is 0 Å². The number of benzene rings is 2. The minimum absolute atomic E-state index is 0.0162. The molecule has 2 saturated carbocycles. The van der Waals surface area contributed by atoms with Gasteiger partial charge >= 0.3 is 23.9 Å². The summed E-state index contributed by atoms with van der Waals surface area (Å²) in [6, 6.07) is 6.75. The van der Waals surface area contributed by atoms with E-state index in [1.165, 1.54) is 13.2 Å². The van der Waals surface area contributed by atoms with Crippen LogP contribution in [0.2, 0.25) is 0 Å². The molecule has 12 nitrogen and oxygen atoms in total. The van der Waals surface area contributed by atoms with Crippen LogP contribution in [0.1, 0.15) is 98.3 Å². The van der Waals surface area contributed by atoms with Crippen LogP contribution in [0, 0.1) is 28.6 Å². The van der Waals surface area contributed by atoms with Gasteiger partial charge in [-0.25, -0.2) is 9.59 Å². The molecule has 0 amide bonds. The van der Waals surface area contributed by atoms with Gasteiger partial charge in [-0.1, -0.05) is 39.8 Å². The molecule has 1 aromatic heterocycles. The van der Waals surface area contributed by atoms with Crippen LogP contribution in [0.3, 0.4) is 0 Å². The molecule has 0 spiro atoms. The first-order valence-corrected chi connectivity index (χ1v) is 17.8. The number of ether oxygens (including phenoxy) is 6. The molecule has 52 heavy (non-hydrogen) atoms. The molecule has 8 rings (SSSR count). The molecule has 4 fully saturated rings. The number of esters is 4. The highest BCUT2D eigenvalue weighted by atomic mass is 16.7. The average molecular weight is 717 g/mol. The molecule has 2 saturated heterocycles. The Hall–Kier alpha value is -4.61. The number of hydrogen-bond donors (Lipinski definition) is 0. The summed E-state index contributed by atoms with van der Waals surface area (Å²) in [5.74, 6) is -2.27. The van der Waals surface area contributed by atoms with Crippen LogP contribution in [0.25, 0.3) is 21.9 Å². The molecule has 3 aromatic rings. The highest BCUT2D eigenvalue weighted by molar-refractivity contribution is 5.99. The van der Waals surface area contributed by atoms with E-state index in [0.29, 0.717) is 23.8 Å². The van der Waals surface area contributed by atoms with Gasteiger partial charge in [0.1, 0.15) is 28.1 Å². The van der Waals surface area contributed by atoms with E-state index < -0.39 is 74.5 Å². The Kier molecular flexibility index (Phi) is 6.68. The van der Waals surface area contributed by atoms with E-state index in [4.69, 9.17) is 32.8 Å². The molecule has 0 N–H and O–H groups in total. The van der Waals surface area contributed by atoms with Crippen molar-refractivity contribution >= 4 is 45.8 Å². The minimum Gasteiger partial charge on any atom is -0.496 e. The van der Waals surface area contributed by atoms with E-state index in [1.54, 1.807) is 52.8 Å². The fourth-order valence-corrected chi connectivity index (χ4v) is 9.72. The Morgan fingerprint density at radius 1 is 0.750 bits per heavy atom. The number of fused-ring (bicyclic) bond motifs is 8. The molecule has 4 heterocycles. The van der Waals surface area contributed by atoms with Crippen molar-refractivity contribution in [3.05, 3.63) is 45.6 Å². The largest absolute Gasteiger partial charge is 0.496 e. The second-order valence-electron chi connectivity index (χ2n) is 17.3. The van der Waals surface area contributed by atoms with Crippen LogP contribution in [-0.2, 0) is 38.1 Å². The van der Waals surface area contributed by atoms with E-state index in [1.807, 2.05) is 27.7 Å². The quantitative estimate of drug-likeness (QED) is 0.168. The van der Waals surface area contributed by atoms with E-state index in [-0.39, 0.29) is 51.9 Å². The van der Waals surface area contributed by atoms with Crippen molar-refractivity contribution < 1.29 is 52.0 Å². The summed E-state index contributed by atoms with van der Waals surface area (Å²) >= 11 is 0. The number of rotatable bonds is 5. The number of aryl methyl sites for hydroxylation is 1. The third kappa shape index (κ3) is 3.75. The van der Waals surface area contributed by atoms with Crippen molar-refractivity contribution in [3.63, 3.8) is 0 Å². The zero-order valence-electron chi connectivity index (χ0n) is 31.2. The molecular formula is C40H44O12. The van der Waals surface area contributed by atoms with Gasteiger partial charge in [-0.05, 0) is 71.9 Å². The normalized spacial score (nSPS) is 34.4. The smallest absolute Gasteiger partial charge is 0.351 e. The second-order valence-corrected chi connectivity index (χ2v) is 17.3. The first kappa shape index (κ1) is 34.5. The third-order valence-electron chi connectivity index (χ3n) is 14.3. The molecule has 12 heteroatoms. The van der Waals surface area contributed by atoms with Gasteiger partial charge in [0, 0.05) is 16.9 Å². The fourth-order valence-electron chi connectivity index (χ4n) is 9.72. The summed E-state index contributed by atoms with van der Waals surface area (Å²) in [5, 5.41) is 0.423. The van der Waals surface area contributed by atoms with Crippen LogP contribution >= 0.6 is 0 Å². The Balaban J connectivity index is 1.34. The van der Waals surface area contributed by atoms with Crippen molar-refractivity contribution in [2.75, 3.05) is 7.11 Å². The van der Waals surface area contributed by atoms with Crippen LogP contribution in [0.5, 0.6) is 11.5 Å². The molecule has 5 aliphatic rings. The van der Waals surface area contributed by atoms with Crippen molar-refractivity contribution in [1.82, 2.24) is 0 Å². The summed E-state index contributed by atoms with van der Waals surface area (Å²) in [6.07, 6.45) is -1.53. The lowest BCUT2D eigenvalue weighted by Crippen LogP contribution is -2.57. The Bertz CT molecular complexity index is 2230. The number of hydrogen-bond acceptors (Lipinski definition) is 12. The molecule has 2 aliphatic carbocycles. The van der Waals surface area contributed by atoms with Gasteiger partial charge in [-0.15, -0.1) is 0 Å². The van der Waals surface area contributed by atoms with Gasteiger partial charge in [0.05, 0.1) is 28.9 Å². The highest BCUT2D eigenvalue weighted by Gasteiger charge is 2.78. The second kappa shape index (κ2) is 10.1. The SMILES string of the molecule is COc1cc2c(c3oc4cccc(C)c4c(=O)c13)[C@@H](OC(=O)[C@@]13CCC(C)(C(=O)O1)C3(C)C)[C@@H](OC(=O)[C@@]13CCC(C)(C(=O)O1)C3(C)C)C(C)(C)O2. The van der Waals surface area contributed by atoms with Crippen LogP contribution < -0.4 is 14.9 Å². The number of carbonyl (C=O) groups excluding carboxylic acids is 4. The van der Waals surface area contributed by atoms with Gasteiger partial charge in [0.2, 0.25) is 16.6 Å². The summed E-state index contributed by atoms with van der Waals surface area (Å²) in [4.78, 5) is 70.0. The topological polar surface area (TPSA) is 154 Å². The number of carbonyl (C=O) groups is 4. The Labute approximate surface area is 300 Å². The average Bonchev–Trinajstić information content (AvgIpc) is 3.53. The van der Waals surface area contributed by atoms with Gasteiger partial charge in [-0.3, -0.25) is 14.4 Å². The lowest BCUT2D eigenvalue weighted by Gasteiger charge is -2.46. The van der Waals surface area contributed by atoms with Crippen LogP contribution in [0.15, 0.2) is 33.5 Å². The predicted molar refractivity (Wildman–Crippen MR) is 185 cm³/mol. The van der Waals surface area contributed by atoms with Crippen LogP contribution in [0.4, 0.5) is 0 Å². The third-order valence-corrected chi connectivity index (χ3v) is 14.3. The van der Waals surface area contributed by atoms with Gasteiger partial charge < -0.3 is 32.8 Å². The molecule has 4 bridgehead atoms. The van der Waals surface area contributed by atoms with Crippen LogP contribution in [-0.4, -0.2) is 53.9 Å². The molecule has 2 aromatic carbocycles. The van der Waals surface area contributed by atoms with E-state index in [9.17, 15) is 24.0 Å². The monoisotopic (exact) mass is 716 g/mol. The maximum absolute atomic E-state index is 14.7. The van der Waals surface area contributed by atoms with Gasteiger partial charge in [0.15, 0.2) is 17.8 Å². The number of methoxy groups -OCH3 is 1. The fraction of sp³-hybridized carbons (Fsp3) is 0.575. The molecule has 6 atom stereocenters. The van der Waals surface area contributed by atoms with E-state index in [0.717, 1.165) is 0 Å².